The van der Waals surface area contributed by atoms with E-state index < -0.39 is 0 Å². The molecule has 0 aromatic carbocycles. The Labute approximate surface area is 94.8 Å². The third-order valence-electron chi connectivity index (χ3n) is 1.87. The summed E-state index contributed by atoms with van der Waals surface area (Å²) in [6, 6.07) is 0. The number of guanidine groups is 1. The molecule has 0 aliphatic heterocycles. The van der Waals surface area contributed by atoms with E-state index >= 15 is 0 Å². The highest BCUT2D eigenvalue weighted by Crippen LogP contribution is 2.10. The van der Waals surface area contributed by atoms with Gasteiger partial charge in [0.2, 0.25) is 0 Å². The first-order chi connectivity index (χ1) is 7.26. The Morgan fingerprint density at radius 2 is 2.33 bits per heavy atom. The van der Waals surface area contributed by atoms with Crippen molar-refractivity contribution in [2.45, 2.75) is 26.8 Å². The van der Waals surface area contributed by atoms with Crippen LogP contribution in [0.15, 0.2) is 11.2 Å². The van der Waals surface area contributed by atoms with Crippen molar-refractivity contribution in [2.75, 3.05) is 13.6 Å². The Kier molecular flexibility index (Phi) is 5.10. The summed E-state index contributed by atoms with van der Waals surface area (Å²) in [5, 5.41) is 7.56. The molecule has 0 unspecified atom stereocenters. The molecule has 0 spiro atoms. The quantitative estimate of drug-likeness (QED) is 0.604. The van der Waals surface area contributed by atoms with Crippen LogP contribution >= 0.6 is 11.3 Å². The van der Waals surface area contributed by atoms with Gasteiger partial charge in [0.15, 0.2) is 5.96 Å². The van der Waals surface area contributed by atoms with Crippen LogP contribution in [0.5, 0.6) is 0 Å². The highest BCUT2D eigenvalue weighted by molar-refractivity contribution is 7.11. The van der Waals surface area contributed by atoms with Crippen molar-refractivity contribution in [2.24, 2.45) is 4.99 Å². The second-order valence-electron chi connectivity index (χ2n) is 3.20. The van der Waals surface area contributed by atoms with Crippen molar-refractivity contribution < 1.29 is 0 Å². The first kappa shape index (κ1) is 12.0. The van der Waals surface area contributed by atoms with Gasteiger partial charge in [0.25, 0.3) is 0 Å². The van der Waals surface area contributed by atoms with Crippen LogP contribution in [0.25, 0.3) is 0 Å². The van der Waals surface area contributed by atoms with Crippen LogP contribution in [0.3, 0.4) is 0 Å². The van der Waals surface area contributed by atoms with Crippen LogP contribution < -0.4 is 10.6 Å². The summed E-state index contributed by atoms with van der Waals surface area (Å²) in [5.74, 6) is 0.850. The number of hydrogen-bond acceptors (Lipinski definition) is 3. The number of aryl methyl sites for hydroxylation is 1. The smallest absolute Gasteiger partial charge is 0.191 e. The maximum Gasteiger partial charge on any atom is 0.191 e. The zero-order valence-corrected chi connectivity index (χ0v) is 10.3. The predicted molar refractivity (Wildman–Crippen MR) is 65.3 cm³/mol. The van der Waals surface area contributed by atoms with Crippen LogP contribution in [-0.2, 0) is 6.54 Å². The van der Waals surface area contributed by atoms with Gasteiger partial charge in [-0.15, -0.1) is 11.3 Å². The summed E-state index contributed by atoms with van der Waals surface area (Å²) in [7, 11) is 1.78. The lowest BCUT2D eigenvalue weighted by Gasteiger charge is -2.09. The number of rotatable bonds is 4. The Hall–Kier alpha value is -1.10. The van der Waals surface area contributed by atoms with Gasteiger partial charge < -0.3 is 10.6 Å². The van der Waals surface area contributed by atoms with Gasteiger partial charge in [-0.1, -0.05) is 6.92 Å². The number of hydrogen-bond donors (Lipinski definition) is 2. The molecule has 0 aliphatic rings. The lowest BCUT2D eigenvalue weighted by atomic mass is 10.5. The molecule has 2 N–H and O–H groups in total. The van der Waals surface area contributed by atoms with Crippen molar-refractivity contribution in [1.82, 2.24) is 15.6 Å². The van der Waals surface area contributed by atoms with Gasteiger partial charge in [0.05, 0.1) is 11.6 Å². The van der Waals surface area contributed by atoms with Gasteiger partial charge in [-0.3, -0.25) is 4.99 Å². The van der Waals surface area contributed by atoms with Gasteiger partial charge in [-0.05, 0) is 13.3 Å². The van der Waals surface area contributed by atoms with Gasteiger partial charge >= 0.3 is 0 Å². The van der Waals surface area contributed by atoms with Crippen molar-refractivity contribution in [3.05, 3.63) is 16.1 Å². The van der Waals surface area contributed by atoms with Gasteiger partial charge in [-0.25, -0.2) is 4.98 Å². The zero-order chi connectivity index (χ0) is 11.1. The molecule has 1 aromatic heterocycles. The third kappa shape index (κ3) is 4.29. The SMILES string of the molecule is CCCNC(=NC)NCc1cnc(C)s1. The molecular formula is C10H18N4S. The second kappa shape index (κ2) is 6.40. The minimum atomic E-state index is 0.787. The van der Waals surface area contributed by atoms with E-state index in [2.05, 4.69) is 27.5 Å². The molecule has 5 heteroatoms. The maximum absolute atomic E-state index is 4.20. The maximum atomic E-state index is 4.20. The van der Waals surface area contributed by atoms with E-state index in [0.717, 1.165) is 30.5 Å². The van der Waals surface area contributed by atoms with E-state index in [1.807, 2.05) is 13.1 Å². The molecule has 84 valence electrons. The molecule has 0 bridgehead atoms. The molecule has 0 saturated heterocycles. The fourth-order valence-corrected chi connectivity index (χ4v) is 1.86. The Balaban J connectivity index is 2.34. The molecule has 0 amide bonds. The molecule has 4 nitrogen and oxygen atoms in total. The van der Waals surface area contributed by atoms with Crippen molar-refractivity contribution in [3.8, 4) is 0 Å². The second-order valence-corrected chi connectivity index (χ2v) is 4.52. The van der Waals surface area contributed by atoms with E-state index in [9.17, 15) is 0 Å². The molecule has 0 radical (unpaired) electrons. The Bertz CT molecular complexity index is 319. The molecule has 1 aromatic rings. The summed E-state index contributed by atoms with van der Waals surface area (Å²) in [6.45, 7) is 5.88. The molecule has 1 rings (SSSR count). The molecule has 15 heavy (non-hydrogen) atoms. The van der Waals surface area contributed by atoms with Gasteiger partial charge in [0, 0.05) is 24.7 Å². The number of aromatic nitrogens is 1. The molecule has 0 fully saturated rings. The zero-order valence-electron chi connectivity index (χ0n) is 9.50. The molecule has 0 saturated carbocycles. The summed E-state index contributed by atoms with van der Waals surface area (Å²) < 4.78 is 0. The topological polar surface area (TPSA) is 49.3 Å². The van der Waals surface area contributed by atoms with Crippen molar-refractivity contribution in [3.63, 3.8) is 0 Å². The number of nitrogens with zero attached hydrogens (tertiary/aromatic N) is 2. The monoisotopic (exact) mass is 226 g/mol. The summed E-state index contributed by atoms with van der Waals surface area (Å²) in [6.07, 6.45) is 3.00. The van der Waals surface area contributed by atoms with E-state index in [1.165, 1.54) is 4.88 Å². The lowest BCUT2D eigenvalue weighted by molar-refractivity contribution is 0.785. The third-order valence-corrected chi connectivity index (χ3v) is 2.78. The van der Waals surface area contributed by atoms with Crippen LogP contribution in [0.1, 0.15) is 23.2 Å². The van der Waals surface area contributed by atoms with Crippen LogP contribution in [-0.4, -0.2) is 24.5 Å². The average Bonchev–Trinajstić information content (AvgIpc) is 2.65. The van der Waals surface area contributed by atoms with Crippen LogP contribution in [0.4, 0.5) is 0 Å². The highest BCUT2D eigenvalue weighted by atomic mass is 32.1. The fraction of sp³-hybridized carbons (Fsp3) is 0.600. The van der Waals surface area contributed by atoms with Crippen LogP contribution in [0, 0.1) is 6.92 Å². The van der Waals surface area contributed by atoms with E-state index in [0.29, 0.717) is 0 Å². The Morgan fingerprint density at radius 3 is 2.87 bits per heavy atom. The average molecular weight is 226 g/mol. The predicted octanol–water partition coefficient (Wildman–Crippen LogP) is 1.53. The number of aliphatic imine (C=N–C) groups is 1. The highest BCUT2D eigenvalue weighted by Gasteiger charge is 1.99. The largest absolute Gasteiger partial charge is 0.356 e. The first-order valence-corrected chi connectivity index (χ1v) is 5.93. The summed E-state index contributed by atoms with van der Waals surface area (Å²) >= 11 is 1.71. The van der Waals surface area contributed by atoms with E-state index in [-0.39, 0.29) is 0 Å². The van der Waals surface area contributed by atoms with Crippen molar-refractivity contribution in [1.29, 1.82) is 0 Å². The van der Waals surface area contributed by atoms with Crippen molar-refractivity contribution >= 4 is 17.3 Å². The van der Waals surface area contributed by atoms with E-state index in [1.54, 1.807) is 18.4 Å². The van der Waals surface area contributed by atoms with Gasteiger partial charge in [-0.2, -0.15) is 0 Å². The molecule has 0 aliphatic carbocycles. The Morgan fingerprint density at radius 1 is 1.53 bits per heavy atom. The van der Waals surface area contributed by atoms with E-state index in [4.69, 9.17) is 0 Å². The minimum Gasteiger partial charge on any atom is -0.356 e. The van der Waals surface area contributed by atoms with Crippen LogP contribution in [0.2, 0.25) is 0 Å². The molecule has 1 heterocycles. The lowest BCUT2D eigenvalue weighted by Crippen LogP contribution is -2.36. The first-order valence-electron chi connectivity index (χ1n) is 5.12. The summed E-state index contributed by atoms with van der Waals surface area (Å²) in [5.41, 5.74) is 0. The fourth-order valence-electron chi connectivity index (χ4n) is 1.12. The standard InChI is InChI=1S/C10H18N4S/c1-4-5-12-10(11-3)14-7-9-6-13-8(2)15-9/h6H,4-5,7H2,1-3H3,(H2,11,12,14). The van der Waals surface area contributed by atoms with Gasteiger partial charge in [0.1, 0.15) is 0 Å². The minimum absolute atomic E-state index is 0.787. The number of thiazole rings is 1. The normalized spacial score (nSPS) is 11.5. The molecule has 0 atom stereocenters. The number of nitrogens with one attached hydrogen (secondary N) is 2. The summed E-state index contributed by atoms with van der Waals surface area (Å²) in [4.78, 5) is 9.56. The molecular weight excluding hydrogens is 208 g/mol.